The summed E-state index contributed by atoms with van der Waals surface area (Å²) in [4.78, 5) is 14.5. The number of hydrogen-bond donors (Lipinski definition) is 1. The minimum absolute atomic E-state index is 0.0818. The lowest BCUT2D eigenvalue weighted by molar-refractivity contribution is -0.127. The zero-order chi connectivity index (χ0) is 22.6. The lowest BCUT2D eigenvalue weighted by Crippen LogP contribution is -2.35. The molecule has 0 spiro atoms. The highest BCUT2D eigenvalue weighted by Crippen LogP contribution is 2.28. The van der Waals surface area contributed by atoms with Gasteiger partial charge in [0.1, 0.15) is 11.8 Å². The van der Waals surface area contributed by atoms with Gasteiger partial charge in [0.2, 0.25) is 5.91 Å². The number of rotatable bonds is 11. The number of carbonyl (C=O) groups is 1. The Morgan fingerprint density at radius 2 is 1.97 bits per heavy atom. The Bertz CT molecular complexity index is 934. The maximum atomic E-state index is 12.9. The number of nitrogens with zero attached hydrogens (tertiary/aromatic N) is 2. The molecule has 1 atom stereocenters. The average Bonchev–Trinajstić information content (AvgIpc) is 2.76. The van der Waals surface area contributed by atoms with Crippen LogP contribution in [0.1, 0.15) is 25.0 Å². The van der Waals surface area contributed by atoms with Crippen molar-refractivity contribution in [3.8, 4) is 23.3 Å². The number of amides is 1. The predicted molar refractivity (Wildman–Crippen MR) is 118 cm³/mol. The van der Waals surface area contributed by atoms with Crippen molar-refractivity contribution in [3.05, 3.63) is 59.7 Å². The van der Waals surface area contributed by atoms with Gasteiger partial charge in [0.25, 0.3) is 0 Å². The molecule has 0 radical (unpaired) electrons. The van der Waals surface area contributed by atoms with Gasteiger partial charge in [-0.1, -0.05) is 24.3 Å². The number of ether oxygens (including phenoxy) is 3. The van der Waals surface area contributed by atoms with Gasteiger partial charge in [-0.05, 0) is 43.7 Å². The van der Waals surface area contributed by atoms with E-state index in [9.17, 15) is 9.90 Å². The Balaban J connectivity index is 2.19. The predicted octanol–water partition coefficient (Wildman–Crippen LogP) is 3.42. The van der Waals surface area contributed by atoms with Gasteiger partial charge in [-0.15, -0.1) is 0 Å². The van der Waals surface area contributed by atoms with E-state index >= 15 is 0 Å². The van der Waals surface area contributed by atoms with Gasteiger partial charge in [0.15, 0.2) is 18.1 Å². The topological polar surface area (TPSA) is 92.0 Å². The minimum Gasteiger partial charge on any atom is -0.494 e. The molecule has 0 heterocycles. The number of aliphatic hydroxyl groups is 1. The first-order valence-corrected chi connectivity index (χ1v) is 10.0. The Morgan fingerprint density at radius 1 is 1.19 bits per heavy atom. The molecule has 7 heteroatoms. The average molecular weight is 424 g/mol. The first kappa shape index (κ1) is 23.8. The van der Waals surface area contributed by atoms with E-state index in [2.05, 4.69) is 0 Å². The molecule has 2 aromatic rings. The Kier molecular flexibility index (Phi) is 9.40. The standard InChI is InChI=1S/C24H28N2O5/c1-4-30-21-8-6-5-7-20(21)17-26(16-18(2)27)24(28)12-10-19-9-11-22(31-14-13-25)23(15-19)29-3/h5-12,15,18,27H,4,14,16-17H2,1-3H3/b12-10+. The number of hydrogen-bond acceptors (Lipinski definition) is 6. The number of methoxy groups -OCH3 is 1. The van der Waals surface area contributed by atoms with Gasteiger partial charge in [-0.3, -0.25) is 4.79 Å². The number of para-hydroxylation sites is 1. The van der Waals surface area contributed by atoms with E-state index in [0.717, 1.165) is 16.9 Å². The third kappa shape index (κ3) is 7.36. The summed E-state index contributed by atoms with van der Waals surface area (Å²) >= 11 is 0. The Labute approximate surface area is 183 Å². The Hall–Kier alpha value is -3.50. The van der Waals surface area contributed by atoms with Crippen LogP contribution >= 0.6 is 0 Å². The van der Waals surface area contributed by atoms with Crippen molar-refractivity contribution in [2.24, 2.45) is 0 Å². The largest absolute Gasteiger partial charge is 0.494 e. The number of benzene rings is 2. The zero-order valence-corrected chi connectivity index (χ0v) is 18.1. The molecular formula is C24H28N2O5. The van der Waals surface area contributed by atoms with Crippen LogP contribution in [-0.2, 0) is 11.3 Å². The third-order valence-electron chi connectivity index (χ3n) is 4.33. The molecule has 1 N–H and O–H groups in total. The van der Waals surface area contributed by atoms with Crippen molar-refractivity contribution in [1.82, 2.24) is 4.90 Å². The van der Waals surface area contributed by atoms with E-state index in [1.165, 1.54) is 13.2 Å². The van der Waals surface area contributed by atoms with E-state index < -0.39 is 6.10 Å². The maximum absolute atomic E-state index is 12.9. The van der Waals surface area contributed by atoms with Crippen molar-refractivity contribution >= 4 is 12.0 Å². The molecule has 31 heavy (non-hydrogen) atoms. The lowest BCUT2D eigenvalue weighted by Gasteiger charge is -2.24. The van der Waals surface area contributed by atoms with Crippen LogP contribution < -0.4 is 14.2 Å². The fourth-order valence-corrected chi connectivity index (χ4v) is 2.98. The van der Waals surface area contributed by atoms with Crippen LogP contribution in [0.4, 0.5) is 0 Å². The summed E-state index contributed by atoms with van der Waals surface area (Å²) in [6.07, 6.45) is 2.45. The highest BCUT2D eigenvalue weighted by atomic mass is 16.5. The van der Waals surface area contributed by atoms with Crippen LogP contribution in [0.5, 0.6) is 17.2 Å². The third-order valence-corrected chi connectivity index (χ3v) is 4.33. The van der Waals surface area contributed by atoms with Crippen molar-refractivity contribution in [3.63, 3.8) is 0 Å². The van der Waals surface area contributed by atoms with Crippen molar-refractivity contribution in [2.45, 2.75) is 26.5 Å². The van der Waals surface area contributed by atoms with E-state index in [1.807, 2.05) is 37.3 Å². The molecule has 1 amide bonds. The molecule has 0 aromatic heterocycles. The van der Waals surface area contributed by atoms with E-state index in [4.69, 9.17) is 19.5 Å². The van der Waals surface area contributed by atoms with Crippen molar-refractivity contribution < 1.29 is 24.1 Å². The number of carbonyl (C=O) groups excluding carboxylic acids is 1. The molecule has 0 aliphatic rings. The van der Waals surface area contributed by atoms with Gasteiger partial charge in [-0.25, -0.2) is 0 Å². The lowest BCUT2D eigenvalue weighted by atomic mass is 10.1. The highest BCUT2D eigenvalue weighted by Gasteiger charge is 2.16. The second-order valence-electron chi connectivity index (χ2n) is 6.80. The van der Waals surface area contributed by atoms with E-state index in [-0.39, 0.29) is 19.1 Å². The summed E-state index contributed by atoms with van der Waals surface area (Å²) in [5, 5.41) is 18.5. The molecular weight excluding hydrogens is 396 g/mol. The molecule has 164 valence electrons. The monoisotopic (exact) mass is 424 g/mol. The number of nitriles is 1. The van der Waals surface area contributed by atoms with E-state index in [0.29, 0.717) is 24.7 Å². The molecule has 0 fully saturated rings. The second-order valence-corrected chi connectivity index (χ2v) is 6.80. The molecule has 0 saturated carbocycles. The quantitative estimate of drug-likeness (QED) is 0.556. The Morgan fingerprint density at radius 3 is 2.65 bits per heavy atom. The molecule has 0 aliphatic carbocycles. The van der Waals surface area contributed by atoms with Crippen LogP contribution in [0.15, 0.2) is 48.5 Å². The smallest absolute Gasteiger partial charge is 0.246 e. The van der Waals surface area contributed by atoms with Crippen molar-refractivity contribution in [2.75, 3.05) is 26.9 Å². The molecule has 0 bridgehead atoms. The van der Waals surface area contributed by atoms with Crippen LogP contribution in [0, 0.1) is 11.3 Å². The van der Waals surface area contributed by atoms with Crippen LogP contribution in [0.2, 0.25) is 0 Å². The summed E-state index contributed by atoms with van der Waals surface area (Å²) in [7, 11) is 1.51. The number of aliphatic hydroxyl groups excluding tert-OH is 1. The summed E-state index contributed by atoms with van der Waals surface area (Å²) in [5.74, 6) is 1.40. The van der Waals surface area contributed by atoms with Gasteiger partial charge in [-0.2, -0.15) is 5.26 Å². The summed E-state index contributed by atoms with van der Waals surface area (Å²) in [5.41, 5.74) is 1.61. The first-order chi connectivity index (χ1) is 15.0. The molecule has 7 nitrogen and oxygen atoms in total. The SMILES string of the molecule is CCOc1ccccc1CN(CC(C)O)C(=O)/C=C/c1ccc(OCC#N)c(OC)c1. The molecule has 0 saturated heterocycles. The highest BCUT2D eigenvalue weighted by molar-refractivity contribution is 5.92. The van der Waals surface area contributed by atoms with Gasteiger partial charge < -0.3 is 24.2 Å². The van der Waals surface area contributed by atoms with Crippen LogP contribution in [0.25, 0.3) is 6.08 Å². The van der Waals surface area contributed by atoms with Gasteiger partial charge >= 0.3 is 0 Å². The van der Waals surface area contributed by atoms with Gasteiger partial charge in [0, 0.05) is 24.7 Å². The fourth-order valence-electron chi connectivity index (χ4n) is 2.98. The van der Waals surface area contributed by atoms with Crippen molar-refractivity contribution in [1.29, 1.82) is 5.26 Å². The summed E-state index contributed by atoms with van der Waals surface area (Å²) in [6.45, 7) is 4.49. The fraction of sp³-hybridized carbons (Fsp3) is 0.333. The summed E-state index contributed by atoms with van der Waals surface area (Å²) < 4.78 is 16.3. The first-order valence-electron chi connectivity index (χ1n) is 10.0. The molecule has 2 rings (SSSR count). The van der Waals surface area contributed by atoms with Crippen LogP contribution in [-0.4, -0.2) is 48.9 Å². The molecule has 0 aliphatic heterocycles. The van der Waals surface area contributed by atoms with E-state index in [1.54, 1.807) is 36.1 Å². The zero-order valence-electron chi connectivity index (χ0n) is 18.1. The molecule has 2 aromatic carbocycles. The van der Waals surface area contributed by atoms with Gasteiger partial charge in [0.05, 0.1) is 19.8 Å². The minimum atomic E-state index is -0.673. The summed E-state index contributed by atoms with van der Waals surface area (Å²) in [6, 6.07) is 14.6. The second kappa shape index (κ2) is 12.3. The molecule has 1 unspecified atom stereocenters. The maximum Gasteiger partial charge on any atom is 0.246 e. The normalized spacial score (nSPS) is 11.6. The van der Waals surface area contributed by atoms with Crippen LogP contribution in [0.3, 0.4) is 0 Å².